The molecule has 3 nitrogen and oxygen atoms in total. The zero-order chi connectivity index (χ0) is 9.97. The topological polar surface area (TPSA) is 59.1 Å². The first-order chi connectivity index (χ1) is 6.79. The predicted molar refractivity (Wildman–Crippen MR) is 55.8 cm³/mol. The molecule has 3 heteroatoms. The van der Waals surface area contributed by atoms with Crippen LogP contribution in [0.2, 0.25) is 0 Å². The molecule has 2 rings (SSSR count). The van der Waals surface area contributed by atoms with Crippen LogP contribution in [-0.4, -0.2) is 10.1 Å². The number of anilines is 1. The number of para-hydroxylation sites is 1. The van der Waals surface area contributed by atoms with E-state index in [0.717, 1.165) is 0 Å². The quantitative estimate of drug-likeness (QED) is 0.716. The molecule has 70 valence electrons. The Morgan fingerprint density at radius 3 is 2.57 bits per heavy atom. The first-order valence-electron chi connectivity index (χ1n) is 4.28. The van der Waals surface area contributed by atoms with Gasteiger partial charge in [0.1, 0.15) is 5.75 Å². The third-order valence-electron chi connectivity index (χ3n) is 2.00. The van der Waals surface area contributed by atoms with E-state index in [-0.39, 0.29) is 5.75 Å². The summed E-state index contributed by atoms with van der Waals surface area (Å²) in [4.78, 5) is 4.12. The second-order valence-electron chi connectivity index (χ2n) is 2.96. The van der Waals surface area contributed by atoms with E-state index in [2.05, 4.69) is 4.98 Å². The van der Waals surface area contributed by atoms with Gasteiger partial charge in [-0.25, -0.2) is 0 Å². The van der Waals surface area contributed by atoms with E-state index in [9.17, 15) is 5.11 Å². The van der Waals surface area contributed by atoms with Crippen LogP contribution in [-0.2, 0) is 0 Å². The number of nitrogens with two attached hydrogens (primary N) is 1. The van der Waals surface area contributed by atoms with Gasteiger partial charge in [0, 0.05) is 11.8 Å². The molecule has 0 aliphatic carbocycles. The van der Waals surface area contributed by atoms with Gasteiger partial charge in [-0.2, -0.15) is 0 Å². The van der Waals surface area contributed by atoms with Crippen molar-refractivity contribution in [3.63, 3.8) is 0 Å². The van der Waals surface area contributed by atoms with Crippen LogP contribution in [0.25, 0.3) is 11.3 Å². The fourth-order valence-corrected chi connectivity index (χ4v) is 1.32. The van der Waals surface area contributed by atoms with Crippen molar-refractivity contribution in [3.05, 3.63) is 42.6 Å². The molecule has 0 atom stereocenters. The monoisotopic (exact) mass is 186 g/mol. The summed E-state index contributed by atoms with van der Waals surface area (Å²) in [6.45, 7) is 0. The number of pyridine rings is 1. The van der Waals surface area contributed by atoms with Crippen LogP contribution in [0.4, 0.5) is 5.69 Å². The Labute approximate surface area is 81.8 Å². The molecule has 0 saturated heterocycles. The lowest BCUT2D eigenvalue weighted by Gasteiger charge is -2.05. The molecule has 0 fully saturated rings. The molecule has 3 N–H and O–H groups in total. The lowest BCUT2D eigenvalue weighted by Crippen LogP contribution is -1.92. The van der Waals surface area contributed by atoms with Crippen molar-refractivity contribution in [2.45, 2.75) is 0 Å². The maximum Gasteiger partial charge on any atom is 0.125 e. The van der Waals surface area contributed by atoms with Crippen molar-refractivity contribution < 1.29 is 5.11 Å². The van der Waals surface area contributed by atoms with Crippen molar-refractivity contribution in [2.75, 3.05) is 5.73 Å². The number of phenols is 1. The summed E-state index contributed by atoms with van der Waals surface area (Å²) in [5.41, 5.74) is 7.59. The minimum atomic E-state index is 0.193. The summed E-state index contributed by atoms with van der Waals surface area (Å²) in [7, 11) is 0. The summed E-state index contributed by atoms with van der Waals surface area (Å²) in [5, 5.41) is 9.59. The molecular weight excluding hydrogens is 176 g/mol. The smallest absolute Gasteiger partial charge is 0.125 e. The summed E-state index contributed by atoms with van der Waals surface area (Å²) >= 11 is 0. The molecular formula is C11H10N2O. The van der Waals surface area contributed by atoms with E-state index in [1.165, 1.54) is 0 Å². The summed E-state index contributed by atoms with van der Waals surface area (Å²) < 4.78 is 0. The van der Waals surface area contributed by atoms with E-state index in [1.807, 2.05) is 6.07 Å². The number of hydrogen-bond acceptors (Lipinski definition) is 3. The van der Waals surface area contributed by atoms with Crippen LogP contribution in [0.15, 0.2) is 42.6 Å². The fraction of sp³-hybridized carbons (Fsp3) is 0. The zero-order valence-electron chi connectivity index (χ0n) is 7.51. The minimum Gasteiger partial charge on any atom is -0.507 e. The first kappa shape index (κ1) is 8.56. The largest absolute Gasteiger partial charge is 0.507 e. The van der Waals surface area contributed by atoms with Gasteiger partial charge >= 0.3 is 0 Å². The van der Waals surface area contributed by atoms with Gasteiger partial charge in [0.05, 0.1) is 11.4 Å². The Morgan fingerprint density at radius 2 is 1.86 bits per heavy atom. The van der Waals surface area contributed by atoms with Crippen LogP contribution in [0.5, 0.6) is 5.75 Å². The number of nitrogen functional groups attached to an aromatic ring is 1. The highest BCUT2D eigenvalue weighted by Gasteiger charge is 2.06. The predicted octanol–water partition coefficient (Wildman–Crippen LogP) is 2.04. The van der Waals surface area contributed by atoms with E-state index in [0.29, 0.717) is 16.9 Å². The second-order valence-corrected chi connectivity index (χ2v) is 2.96. The van der Waals surface area contributed by atoms with Gasteiger partial charge in [0.25, 0.3) is 0 Å². The van der Waals surface area contributed by atoms with E-state index in [1.54, 1.807) is 36.5 Å². The van der Waals surface area contributed by atoms with Crippen LogP contribution in [0, 0.1) is 0 Å². The van der Waals surface area contributed by atoms with Crippen LogP contribution in [0.1, 0.15) is 0 Å². The average Bonchev–Trinajstić information content (AvgIpc) is 2.20. The van der Waals surface area contributed by atoms with Gasteiger partial charge in [-0.05, 0) is 24.3 Å². The van der Waals surface area contributed by atoms with Gasteiger partial charge in [-0.1, -0.05) is 12.1 Å². The van der Waals surface area contributed by atoms with Crippen molar-refractivity contribution >= 4 is 5.69 Å². The zero-order valence-corrected chi connectivity index (χ0v) is 7.51. The fourth-order valence-electron chi connectivity index (χ4n) is 1.32. The highest BCUT2D eigenvalue weighted by molar-refractivity contribution is 5.76. The lowest BCUT2D eigenvalue weighted by molar-refractivity contribution is 0.477. The Morgan fingerprint density at radius 1 is 1.07 bits per heavy atom. The molecule has 1 aromatic heterocycles. The number of rotatable bonds is 1. The summed E-state index contributed by atoms with van der Waals surface area (Å²) in [6, 6.07) is 10.5. The second kappa shape index (κ2) is 3.38. The average molecular weight is 186 g/mol. The Hall–Kier alpha value is -2.03. The minimum absolute atomic E-state index is 0.193. The number of nitrogens with zero attached hydrogens (tertiary/aromatic N) is 1. The van der Waals surface area contributed by atoms with Gasteiger partial charge in [0.2, 0.25) is 0 Å². The first-order valence-corrected chi connectivity index (χ1v) is 4.28. The SMILES string of the molecule is Nc1cccnc1-c1ccccc1O. The molecule has 1 aromatic carbocycles. The standard InChI is InChI=1S/C11H10N2O/c12-9-5-3-7-13-11(9)8-4-1-2-6-10(8)14/h1-7,14H,12H2. The third kappa shape index (κ3) is 1.40. The molecule has 2 aromatic rings. The molecule has 0 radical (unpaired) electrons. The van der Waals surface area contributed by atoms with E-state index in [4.69, 9.17) is 5.73 Å². The normalized spacial score (nSPS) is 10.0. The molecule has 0 spiro atoms. The number of aromatic hydroxyl groups is 1. The maximum absolute atomic E-state index is 9.59. The van der Waals surface area contributed by atoms with Crippen LogP contribution in [0.3, 0.4) is 0 Å². The third-order valence-corrected chi connectivity index (χ3v) is 2.00. The van der Waals surface area contributed by atoms with Crippen molar-refractivity contribution in [1.29, 1.82) is 0 Å². The summed E-state index contributed by atoms with van der Waals surface area (Å²) in [5.74, 6) is 0.193. The Bertz CT molecular complexity index is 411. The highest BCUT2D eigenvalue weighted by Crippen LogP contribution is 2.30. The van der Waals surface area contributed by atoms with Crippen molar-refractivity contribution in [3.8, 4) is 17.0 Å². The molecule has 0 aliphatic heterocycles. The van der Waals surface area contributed by atoms with Crippen LogP contribution >= 0.6 is 0 Å². The molecule has 0 saturated carbocycles. The van der Waals surface area contributed by atoms with Crippen LogP contribution < -0.4 is 5.73 Å². The van der Waals surface area contributed by atoms with Crippen molar-refractivity contribution in [2.24, 2.45) is 0 Å². The number of aromatic nitrogens is 1. The van der Waals surface area contributed by atoms with Crippen molar-refractivity contribution in [1.82, 2.24) is 4.98 Å². The van der Waals surface area contributed by atoms with E-state index >= 15 is 0 Å². The highest BCUT2D eigenvalue weighted by atomic mass is 16.3. The molecule has 0 unspecified atom stereocenters. The van der Waals surface area contributed by atoms with Gasteiger partial charge in [-0.3, -0.25) is 4.98 Å². The van der Waals surface area contributed by atoms with Gasteiger partial charge in [-0.15, -0.1) is 0 Å². The lowest BCUT2D eigenvalue weighted by atomic mass is 10.1. The molecule has 0 aliphatic rings. The summed E-state index contributed by atoms with van der Waals surface area (Å²) in [6.07, 6.45) is 1.65. The Kier molecular flexibility index (Phi) is 2.07. The number of benzene rings is 1. The number of phenolic OH excluding ortho intramolecular Hbond substituents is 1. The van der Waals surface area contributed by atoms with E-state index < -0.39 is 0 Å². The molecule has 0 bridgehead atoms. The number of hydrogen-bond donors (Lipinski definition) is 2. The molecule has 14 heavy (non-hydrogen) atoms. The maximum atomic E-state index is 9.59. The van der Waals surface area contributed by atoms with Gasteiger partial charge < -0.3 is 10.8 Å². The Balaban J connectivity index is 2.61. The van der Waals surface area contributed by atoms with Gasteiger partial charge in [0.15, 0.2) is 0 Å². The molecule has 1 heterocycles. The molecule has 0 amide bonds.